The molecule has 1 unspecified atom stereocenters. The van der Waals surface area contributed by atoms with Gasteiger partial charge in [-0.05, 0) is 6.08 Å². The summed E-state index contributed by atoms with van der Waals surface area (Å²) in [5, 5.41) is 18.3. The molecule has 2 aliphatic rings. The van der Waals surface area contributed by atoms with Crippen LogP contribution < -0.4 is 0 Å². The summed E-state index contributed by atoms with van der Waals surface area (Å²) in [6.07, 6.45) is 5.45. The van der Waals surface area contributed by atoms with E-state index in [0.717, 1.165) is 6.08 Å². The second-order valence-electron chi connectivity index (χ2n) is 3.15. The van der Waals surface area contributed by atoms with Gasteiger partial charge in [-0.3, -0.25) is 4.79 Å². The van der Waals surface area contributed by atoms with Gasteiger partial charge >= 0.3 is 5.97 Å². The maximum absolute atomic E-state index is 11.1. The molecule has 1 amide bonds. The van der Waals surface area contributed by atoms with Crippen LogP contribution in [0.5, 0.6) is 0 Å². The topological polar surface area (TPSA) is 87.0 Å². The van der Waals surface area contributed by atoms with Crippen LogP contribution >= 0.6 is 0 Å². The molecule has 0 fully saturated rings. The van der Waals surface area contributed by atoms with Gasteiger partial charge in [-0.15, -0.1) is 0 Å². The highest BCUT2D eigenvalue weighted by Gasteiger charge is 2.31. The van der Waals surface area contributed by atoms with Gasteiger partial charge in [0, 0.05) is 6.08 Å². The largest absolute Gasteiger partial charge is 0.506 e. The SMILES string of the molecule is O=C1C=C(C(=O)O)C2C=CC=C(O)C2=N1. The summed E-state index contributed by atoms with van der Waals surface area (Å²) in [4.78, 5) is 25.5. The Kier molecular flexibility index (Phi) is 2.00. The van der Waals surface area contributed by atoms with E-state index >= 15 is 0 Å². The van der Waals surface area contributed by atoms with Crippen molar-refractivity contribution in [2.45, 2.75) is 0 Å². The van der Waals surface area contributed by atoms with Crippen LogP contribution in [-0.4, -0.2) is 27.8 Å². The number of hydrogen-bond donors (Lipinski definition) is 2. The van der Waals surface area contributed by atoms with Crippen molar-refractivity contribution >= 4 is 17.6 Å². The van der Waals surface area contributed by atoms with Gasteiger partial charge < -0.3 is 10.2 Å². The van der Waals surface area contributed by atoms with E-state index in [1.54, 1.807) is 6.08 Å². The molecular formula is C10H7NO4. The van der Waals surface area contributed by atoms with E-state index in [1.807, 2.05) is 0 Å². The molecular weight excluding hydrogens is 198 g/mol. The number of carboxylic acids is 1. The summed E-state index contributed by atoms with van der Waals surface area (Å²) in [5.74, 6) is -2.64. The summed E-state index contributed by atoms with van der Waals surface area (Å²) < 4.78 is 0. The third-order valence-electron chi connectivity index (χ3n) is 2.21. The average Bonchev–Trinajstić information content (AvgIpc) is 2.18. The molecule has 0 saturated carbocycles. The smallest absolute Gasteiger partial charge is 0.332 e. The Bertz CT molecular complexity index is 452. The van der Waals surface area contributed by atoms with E-state index in [4.69, 9.17) is 5.11 Å². The molecule has 1 heterocycles. The number of fused-ring (bicyclic) bond motifs is 1. The van der Waals surface area contributed by atoms with Crippen molar-refractivity contribution in [3.05, 3.63) is 35.6 Å². The number of aliphatic hydroxyl groups excluding tert-OH is 1. The van der Waals surface area contributed by atoms with Crippen LogP contribution in [0.1, 0.15) is 0 Å². The molecule has 2 N–H and O–H groups in total. The lowest BCUT2D eigenvalue weighted by Crippen LogP contribution is -2.28. The average molecular weight is 205 g/mol. The van der Waals surface area contributed by atoms with E-state index in [-0.39, 0.29) is 17.0 Å². The van der Waals surface area contributed by atoms with Crippen molar-refractivity contribution in [2.75, 3.05) is 0 Å². The van der Waals surface area contributed by atoms with Gasteiger partial charge in [0.2, 0.25) is 0 Å². The van der Waals surface area contributed by atoms with Crippen molar-refractivity contribution in [2.24, 2.45) is 10.9 Å². The standard InChI is InChI=1S/C10H7NO4/c12-7-3-1-2-5-6(10(14)15)4-8(13)11-9(5)7/h1-5,12H,(H,14,15). The van der Waals surface area contributed by atoms with Gasteiger partial charge in [0.15, 0.2) is 0 Å². The van der Waals surface area contributed by atoms with Crippen molar-refractivity contribution in [3.8, 4) is 0 Å². The lowest BCUT2D eigenvalue weighted by molar-refractivity contribution is -0.133. The van der Waals surface area contributed by atoms with Crippen LogP contribution in [0, 0.1) is 5.92 Å². The second kappa shape index (κ2) is 3.20. The minimum absolute atomic E-state index is 0.0686. The fraction of sp³-hybridized carbons (Fsp3) is 0.100. The summed E-state index contributed by atoms with van der Waals surface area (Å²) >= 11 is 0. The predicted molar refractivity (Wildman–Crippen MR) is 51.5 cm³/mol. The summed E-state index contributed by atoms with van der Waals surface area (Å²) in [5.41, 5.74) is 0.0308. The molecule has 1 atom stereocenters. The highest BCUT2D eigenvalue weighted by Crippen LogP contribution is 2.25. The zero-order valence-corrected chi connectivity index (χ0v) is 7.54. The number of carbonyl (C=O) groups is 2. The molecule has 1 aliphatic carbocycles. The van der Waals surface area contributed by atoms with Gasteiger partial charge in [0.25, 0.3) is 5.91 Å². The van der Waals surface area contributed by atoms with Crippen molar-refractivity contribution in [1.82, 2.24) is 0 Å². The molecule has 0 aromatic rings. The zero-order valence-electron chi connectivity index (χ0n) is 7.54. The number of aliphatic imine (C=N–C) groups is 1. The summed E-state index contributed by atoms with van der Waals surface area (Å²) in [6.45, 7) is 0. The molecule has 1 aliphatic heterocycles. The minimum Gasteiger partial charge on any atom is -0.506 e. The lowest BCUT2D eigenvalue weighted by Gasteiger charge is -2.21. The van der Waals surface area contributed by atoms with Crippen LogP contribution in [0.3, 0.4) is 0 Å². The molecule has 5 nitrogen and oxygen atoms in total. The highest BCUT2D eigenvalue weighted by molar-refractivity contribution is 6.18. The Morgan fingerprint density at radius 3 is 2.87 bits per heavy atom. The van der Waals surface area contributed by atoms with Gasteiger partial charge in [0.05, 0.1) is 17.2 Å². The lowest BCUT2D eigenvalue weighted by atomic mass is 9.87. The van der Waals surface area contributed by atoms with Crippen molar-refractivity contribution < 1.29 is 19.8 Å². The fourth-order valence-corrected chi connectivity index (χ4v) is 1.54. The maximum Gasteiger partial charge on any atom is 0.332 e. The normalized spacial score (nSPS) is 23.9. The Labute approximate surface area is 84.8 Å². The molecule has 0 radical (unpaired) electrons. The predicted octanol–water partition coefficient (Wildman–Crippen LogP) is 0.606. The monoisotopic (exact) mass is 205 g/mol. The first kappa shape index (κ1) is 9.39. The molecule has 76 valence electrons. The summed E-state index contributed by atoms with van der Waals surface area (Å²) in [6, 6.07) is 0. The molecule has 0 bridgehead atoms. The van der Waals surface area contributed by atoms with Gasteiger partial charge in [0.1, 0.15) is 5.76 Å². The Hall–Kier alpha value is -2.17. The first-order valence-corrected chi connectivity index (χ1v) is 4.25. The van der Waals surface area contributed by atoms with Crippen molar-refractivity contribution in [3.63, 3.8) is 0 Å². The Balaban J connectivity index is 2.50. The van der Waals surface area contributed by atoms with Gasteiger partial charge in [-0.2, -0.15) is 0 Å². The quantitative estimate of drug-likeness (QED) is 0.656. The molecule has 0 aromatic heterocycles. The third kappa shape index (κ3) is 1.48. The first-order valence-electron chi connectivity index (χ1n) is 4.25. The number of amides is 1. The van der Waals surface area contributed by atoms with E-state index < -0.39 is 17.8 Å². The highest BCUT2D eigenvalue weighted by atomic mass is 16.4. The fourth-order valence-electron chi connectivity index (χ4n) is 1.54. The minimum atomic E-state index is -1.18. The Morgan fingerprint density at radius 1 is 1.47 bits per heavy atom. The van der Waals surface area contributed by atoms with Crippen LogP contribution in [0.2, 0.25) is 0 Å². The van der Waals surface area contributed by atoms with Crippen LogP contribution in [-0.2, 0) is 9.59 Å². The molecule has 15 heavy (non-hydrogen) atoms. The van der Waals surface area contributed by atoms with Crippen LogP contribution in [0.25, 0.3) is 0 Å². The summed E-state index contributed by atoms with van der Waals surface area (Å²) in [7, 11) is 0. The number of rotatable bonds is 1. The maximum atomic E-state index is 11.1. The van der Waals surface area contributed by atoms with E-state index in [0.29, 0.717) is 0 Å². The van der Waals surface area contributed by atoms with Gasteiger partial charge in [-0.25, -0.2) is 9.79 Å². The number of aliphatic hydroxyl groups is 1. The van der Waals surface area contributed by atoms with E-state index in [9.17, 15) is 14.7 Å². The number of nitrogens with zero attached hydrogens (tertiary/aromatic N) is 1. The molecule has 0 aromatic carbocycles. The molecule has 5 heteroatoms. The second-order valence-corrected chi connectivity index (χ2v) is 3.15. The number of hydrogen-bond acceptors (Lipinski definition) is 3. The molecule has 2 rings (SSSR count). The molecule has 0 spiro atoms. The number of aliphatic carboxylic acids is 1. The van der Waals surface area contributed by atoms with Crippen LogP contribution in [0.15, 0.2) is 40.6 Å². The third-order valence-corrected chi connectivity index (χ3v) is 2.21. The van der Waals surface area contributed by atoms with Crippen LogP contribution in [0.4, 0.5) is 0 Å². The van der Waals surface area contributed by atoms with Crippen molar-refractivity contribution in [1.29, 1.82) is 0 Å². The molecule has 0 saturated heterocycles. The van der Waals surface area contributed by atoms with E-state index in [1.165, 1.54) is 12.2 Å². The number of carbonyl (C=O) groups excluding carboxylic acids is 1. The van der Waals surface area contributed by atoms with Gasteiger partial charge in [-0.1, -0.05) is 12.2 Å². The number of carboxylic acid groups (broad SMARTS) is 1. The zero-order chi connectivity index (χ0) is 11.0. The van der Waals surface area contributed by atoms with E-state index in [2.05, 4.69) is 4.99 Å². The number of allylic oxidation sites excluding steroid dienone is 4. The first-order chi connectivity index (χ1) is 7.09. The number of dihydropyridines is 1. The Morgan fingerprint density at radius 2 is 2.20 bits per heavy atom.